The fraction of sp³-hybridized carbons (Fsp3) is 1.00. The summed E-state index contributed by atoms with van der Waals surface area (Å²) < 4.78 is 39.8. The lowest BCUT2D eigenvalue weighted by Gasteiger charge is -2.44. The van der Waals surface area contributed by atoms with Gasteiger partial charge in [-0.05, 0) is 64.5 Å². The Morgan fingerprint density at radius 1 is 0.710 bits per heavy atom. The van der Waals surface area contributed by atoms with Crippen LogP contribution in [0, 0.1) is 0 Å². The molecule has 0 aromatic rings. The molecule has 188 valence electrons. The van der Waals surface area contributed by atoms with Crippen molar-refractivity contribution in [2.75, 3.05) is 14.2 Å². The van der Waals surface area contributed by atoms with E-state index in [9.17, 15) is 0 Å². The monoisotopic (exact) mass is 560 g/mol. The van der Waals surface area contributed by atoms with Gasteiger partial charge in [0.05, 0.1) is 0 Å². The molecule has 0 heterocycles. The van der Waals surface area contributed by atoms with E-state index < -0.39 is 59.9 Å². The number of unbranched alkanes of at least 4 members (excludes halogenated alkanes) is 2. The Bertz CT molecular complexity index is 476. The van der Waals surface area contributed by atoms with Crippen molar-refractivity contribution in [3.63, 3.8) is 0 Å². The molecule has 3 unspecified atom stereocenters. The van der Waals surface area contributed by atoms with E-state index in [2.05, 4.69) is 66.2 Å². The lowest BCUT2D eigenvalue weighted by Crippen LogP contribution is -2.69. The zero-order valence-corrected chi connectivity index (χ0v) is 30.1. The van der Waals surface area contributed by atoms with Gasteiger partial charge in [0.2, 0.25) is 15.9 Å². The molecule has 0 aliphatic rings. The highest BCUT2D eigenvalue weighted by molar-refractivity contribution is 7.51. The fourth-order valence-electron chi connectivity index (χ4n) is 3.61. The first-order chi connectivity index (χ1) is 14.3. The fourth-order valence-corrected chi connectivity index (χ4v) is 48.2. The molecule has 6 nitrogen and oxygen atoms in total. The minimum atomic E-state index is -3.26. The average molecular weight is 561 g/mol. The topological polar surface area (TPSA) is 55.4 Å². The maximum atomic E-state index is 7.17. The number of hydrogen-bond acceptors (Lipinski definition) is 6. The van der Waals surface area contributed by atoms with Crippen LogP contribution >= 0.6 is 0 Å². The summed E-state index contributed by atoms with van der Waals surface area (Å²) in [6.45, 7) is 22.4. The molecule has 0 aromatic heterocycles. The standard InChI is InChI=1S/C18H52O6Si7/c1-13-15-17-29(10,11)24-31(21-25(5)6,22-26(7)8)23-28(27(9)19-3)30(12,20-4)18-16-14-2/h25-28H,13-18H2,1-12H3. The van der Waals surface area contributed by atoms with Crippen LogP contribution in [0.25, 0.3) is 0 Å². The normalized spacial score (nSPS) is 17.2. The summed E-state index contributed by atoms with van der Waals surface area (Å²) in [5, 5.41) is 0. The highest BCUT2D eigenvalue weighted by Gasteiger charge is 2.57. The van der Waals surface area contributed by atoms with Crippen molar-refractivity contribution in [1.29, 1.82) is 0 Å². The van der Waals surface area contributed by atoms with Gasteiger partial charge in [0.1, 0.15) is 0 Å². The Hall–Kier alpha value is 1.28. The molecule has 0 aliphatic heterocycles. The average Bonchev–Trinajstić information content (AvgIpc) is 2.66. The van der Waals surface area contributed by atoms with Gasteiger partial charge in [-0.2, -0.15) is 0 Å². The summed E-state index contributed by atoms with van der Waals surface area (Å²) in [4.78, 5) is 0. The van der Waals surface area contributed by atoms with Crippen LogP contribution in [-0.2, 0) is 25.3 Å². The van der Waals surface area contributed by atoms with Crippen LogP contribution in [0.15, 0.2) is 0 Å². The third-order valence-electron chi connectivity index (χ3n) is 5.46. The highest BCUT2D eigenvalue weighted by atomic mass is 29.6. The van der Waals surface area contributed by atoms with E-state index in [1.165, 1.54) is 19.3 Å². The Labute approximate surface area is 202 Å². The summed E-state index contributed by atoms with van der Waals surface area (Å²) in [7, 11) is -9.95. The zero-order valence-electron chi connectivity index (χ0n) is 22.5. The van der Waals surface area contributed by atoms with Crippen LogP contribution in [0.4, 0.5) is 0 Å². The van der Waals surface area contributed by atoms with E-state index in [0.717, 1.165) is 18.5 Å². The number of rotatable bonds is 18. The minimum Gasteiger partial charge on any atom is -0.424 e. The van der Waals surface area contributed by atoms with Gasteiger partial charge in [-0.25, -0.2) is 0 Å². The predicted molar refractivity (Wildman–Crippen MR) is 151 cm³/mol. The third-order valence-corrected chi connectivity index (χ3v) is 45.0. The van der Waals surface area contributed by atoms with Crippen LogP contribution in [0.1, 0.15) is 39.5 Å². The lowest BCUT2D eigenvalue weighted by molar-refractivity contribution is 0.160. The molecule has 0 fully saturated rings. The Kier molecular flexibility index (Phi) is 15.9. The summed E-state index contributed by atoms with van der Waals surface area (Å²) in [6, 6.07) is 2.21. The SMILES string of the molecule is CCCC[Si](C)(C)O[Si](O[SiH](C)C)(O[SiH](C)C)O[SiH]([SiH](C)OC)[Si](C)(CCCC)OC. The van der Waals surface area contributed by atoms with E-state index in [1.54, 1.807) is 0 Å². The van der Waals surface area contributed by atoms with Crippen LogP contribution in [0.2, 0.25) is 64.5 Å². The molecule has 0 aromatic carbocycles. The third kappa shape index (κ3) is 12.0. The van der Waals surface area contributed by atoms with Gasteiger partial charge in [0.15, 0.2) is 35.0 Å². The largest absolute Gasteiger partial charge is 0.636 e. The molecular weight excluding hydrogens is 509 g/mol. The second kappa shape index (κ2) is 15.3. The van der Waals surface area contributed by atoms with Gasteiger partial charge in [0.25, 0.3) is 0 Å². The summed E-state index contributed by atoms with van der Waals surface area (Å²) in [5.41, 5.74) is 0. The van der Waals surface area contributed by atoms with E-state index in [4.69, 9.17) is 25.3 Å². The van der Waals surface area contributed by atoms with Crippen molar-refractivity contribution in [3.8, 4) is 0 Å². The van der Waals surface area contributed by atoms with Crippen LogP contribution < -0.4 is 0 Å². The summed E-state index contributed by atoms with van der Waals surface area (Å²) >= 11 is 0. The summed E-state index contributed by atoms with van der Waals surface area (Å²) in [6.07, 6.45) is 4.68. The van der Waals surface area contributed by atoms with Gasteiger partial charge >= 0.3 is 9.05 Å². The Morgan fingerprint density at radius 3 is 1.58 bits per heavy atom. The molecule has 0 N–H and O–H groups in total. The van der Waals surface area contributed by atoms with Crippen molar-refractivity contribution in [2.45, 2.75) is 104 Å². The molecular formula is C18H52O6Si7. The quantitative estimate of drug-likeness (QED) is 0.232. The smallest absolute Gasteiger partial charge is 0.424 e. The first-order valence-corrected chi connectivity index (χ1v) is 31.6. The lowest BCUT2D eigenvalue weighted by atomic mass is 10.4. The molecule has 0 amide bonds. The van der Waals surface area contributed by atoms with Crippen LogP contribution in [-0.4, -0.2) is 74.1 Å². The van der Waals surface area contributed by atoms with Crippen LogP contribution in [0.3, 0.4) is 0 Å². The molecule has 13 heteroatoms. The molecule has 0 aliphatic carbocycles. The molecule has 31 heavy (non-hydrogen) atoms. The molecule has 0 spiro atoms. The van der Waals surface area contributed by atoms with Gasteiger partial charge in [-0.1, -0.05) is 39.5 Å². The molecule has 0 rings (SSSR count). The van der Waals surface area contributed by atoms with Gasteiger partial charge in [0, 0.05) is 14.2 Å². The molecule has 0 bridgehead atoms. The molecule has 0 saturated carbocycles. The first kappa shape index (κ1) is 32.3. The summed E-state index contributed by atoms with van der Waals surface area (Å²) in [5.74, 6) is 0. The Morgan fingerprint density at radius 2 is 1.19 bits per heavy atom. The first-order valence-electron chi connectivity index (χ1n) is 12.1. The van der Waals surface area contributed by atoms with Gasteiger partial charge in [-0.15, -0.1) is 0 Å². The maximum absolute atomic E-state index is 7.17. The van der Waals surface area contributed by atoms with Crippen molar-refractivity contribution < 1.29 is 25.3 Å². The second-order valence-corrected chi connectivity index (χ2v) is 41.0. The van der Waals surface area contributed by atoms with Crippen molar-refractivity contribution in [2.24, 2.45) is 0 Å². The van der Waals surface area contributed by atoms with Crippen molar-refractivity contribution >= 4 is 59.9 Å². The van der Waals surface area contributed by atoms with E-state index in [-0.39, 0.29) is 0 Å². The molecule has 0 radical (unpaired) electrons. The minimum absolute atomic E-state index is 1.10. The van der Waals surface area contributed by atoms with Crippen molar-refractivity contribution in [3.05, 3.63) is 0 Å². The van der Waals surface area contributed by atoms with E-state index in [0.29, 0.717) is 0 Å². The predicted octanol–water partition coefficient (Wildman–Crippen LogP) is 4.36. The zero-order chi connectivity index (χ0) is 24.3. The number of hydrogen-bond donors (Lipinski definition) is 0. The Balaban J connectivity index is 6.27. The van der Waals surface area contributed by atoms with Gasteiger partial charge < -0.3 is 25.3 Å². The second-order valence-electron chi connectivity index (χ2n) is 9.90. The van der Waals surface area contributed by atoms with E-state index in [1.807, 2.05) is 14.2 Å². The molecule has 3 atom stereocenters. The molecule has 0 saturated heterocycles. The maximum Gasteiger partial charge on any atom is 0.636 e. The van der Waals surface area contributed by atoms with E-state index >= 15 is 0 Å². The van der Waals surface area contributed by atoms with Crippen LogP contribution in [0.5, 0.6) is 0 Å². The van der Waals surface area contributed by atoms with Crippen molar-refractivity contribution in [1.82, 2.24) is 0 Å². The van der Waals surface area contributed by atoms with Gasteiger partial charge in [-0.3, -0.25) is 0 Å². The highest BCUT2D eigenvalue weighted by Crippen LogP contribution is 2.29.